The number of carbonyl (C=O) groups is 1. The van der Waals surface area contributed by atoms with Gasteiger partial charge in [-0.2, -0.15) is 0 Å². The van der Waals surface area contributed by atoms with Crippen LogP contribution in [0.3, 0.4) is 0 Å². The van der Waals surface area contributed by atoms with Gasteiger partial charge in [0.1, 0.15) is 0 Å². The molecule has 3 nitrogen and oxygen atoms in total. The molecule has 1 aromatic rings. The summed E-state index contributed by atoms with van der Waals surface area (Å²) in [5.41, 5.74) is 2.60. The average Bonchev–Trinajstić information content (AvgIpc) is 2.39. The first-order chi connectivity index (χ1) is 9.02. The van der Waals surface area contributed by atoms with Gasteiger partial charge in [0.05, 0.1) is 6.54 Å². The van der Waals surface area contributed by atoms with Gasteiger partial charge in [-0.3, -0.25) is 4.79 Å². The molecule has 0 saturated carbocycles. The third-order valence-electron chi connectivity index (χ3n) is 3.17. The second kappa shape index (κ2) is 7.95. The topological polar surface area (TPSA) is 32.3 Å². The Morgan fingerprint density at radius 1 is 1.21 bits per heavy atom. The van der Waals surface area contributed by atoms with Gasteiger partial charge in [0.25, 0.3) is 0 Å². The zero-order chi connectivity index (χ0) is 14.3. The van der Waals surface area contributed by atoms with E-state index < -0.39 is 0 Å². The second-order valence-electron chi connectivity index (χ2n) is 5.43. The number of amides is 1. The highest BCUT2D eigenvalue weighted by molar-refractivity contribution is 5.77. The molecule has 0 spiro atoms. The van der Waals surface area contributed by atoms with Crippen molar-refractivity contribution in [3.8, 4) is 0 Å². The number of rotatable bonds is 7. The predicted octanol–water partition coefficient (Wildman–Crippen LogP) is 2.45. The van der Waals surface area contributed by atoms with Crippen molar-refractivity contribution in [3.05, 3.63) is 35.4 Å². The number of nitrogens with one attached hydrogen (secondary N) is 1. The minimum absolute atomic E-state index is 0.138. The standard InChI is InChI=1S/C16H26N2O/c1-5-18(4)16(19)12-17-11-15-8-6-14(7-9-15)10-13(2)3/h6-9,13,17H,5,10-12H2,1-4H3. The Kier molecular flexibility index (Phi) is 6.57. The van der Waals surface area contributed by atoms with Gasteiger partial charge in [-0.25, -0.2) is 0 Å². The number of hydrogen-bond donors (Lipinski definition) is 1. The monoisotopic (exact) mass is 262 g/mol. The summed E-state index contributed by atoms with van der Waals surface area (Å²) >= 11 is 0. The summed E-state index contributed by atoms with van der Waals surface area (Å²) in [7, 11) is 1.82. The molecule has 0 aliphatic rings. The van der Waals surface area contributed by atoms with Crippen LogP contribution in [-0.4, -0.2) is 30.9 Å². The van der Waals surface area contributed by atoms with Crippen molar-refractivity contribution in [3.63, 3.8) is 0 Å². The fraction of sp³-hybridized carbons (Fsp3) is 0.562. The largest absolute Gasteiger partial charge is 0.345 e. The molecule has 0 atom stereocenters. The molecular weight excluding hydrogens is 236 g/mol. The SMILES string of the molecule is CCN(C)C(=O)CNCc1ccc(CC(C)C)cc1. The zero-order valence-electron chi connectivity index (χ0n) is 12.6. The first-order valence-corrected chi connectivity index (χ1v) is 7.05. The molecule has 0 aromatic heterocycles. The molecule has 0 saturated heterocycles. The van der Waals surface area contributed by atoms with E-state index >= 15 is 0 Å². The first kappa shape index (κ1) is 15.7. The molecule has 1 N–H and O–H groups in total. The molecule has 0 bridgehead atoms. The summed E-state index contributed by atoms with van der Waals surface area (Å²) in [6.07, 6.45) is 1.12. The molecule has 19 heavy (non-hydrogen) atoms. The van der Waals surface area contributed by atoms with Crippen LogP contribution in [0.4, 0.5) is 0 Å². The quantitative estimate of drug-likeness (QED) is 0.818. The van der Waals surface area contributed by atoms with Gasteiger partial charge in [0.2, 0.25) is 5.91 Å². The highest BCUT2D eigenvalue weighted by Gasteiger charge is 2.05. The van der Waals surface area contributed by atoms with Gasteiger partial charge in [-0.05, 0) is 30.4 Å². The van der Waals surface area contributed by atoms with Gasteiger partial charge in [0, 0.05) is 20.1 Å². The smallest absolute Gasteiger partial charge is 0.236 e. The Labute approximate surface area is 117 Å². The van der Waals surface area contributed by atoms with E-state index in [4.69, 9.17) is 0 Å². The maximum Gasteiger partial charge on any atom is 0.236 e. The van der Waals surface area contributed by atoms with E-state index in [1.54, 1.807) is 4.90 Å². The Morgan fingerprint density at radius 2 is 1.79 bits per heavy atom. The summed E-state index contributed by atoms with van der Waals surface area (Å²) in [5.74, 6) is 0.824. The molecule has 0 unspecified atom stereocenters. The van der Waals surface area contributed by atoms with E-state index in [1.165, 1.54) is 11.1 Å². The minimum atomic E-state index is 0.138. The molecule has 0 fully saturated rings. The molecule has 0 radical (unpaired) electrons. The molecule has 1 amide bonds. The van der Waals surface area contributed by atoms with E-state index in [1.807, 2.05) is 14.0 Å². The van der Waals surface area contributed by atoms with Crippen LogP contribution in [0.2, 0.25) is 0 Å². The van der Waals surface area contributed by atoms with Crippen LogP contribution >= 0.6 is 0 Å². The zero-order valence-corrected chi connectivity index (χ0v) is 12.6. The van der Waals surface area contributed by atoms with Crippen LogP contribution < -0.4 is 5.32 Å². The van der Waals surface area contributed by atoms with Crippen LogP contribution in [-0.2, 0) is 17.8 Å². The van der Waals surface area contributed by atoms with E-state index in [9.17, 15) is 4.79 Å². The van der Waals surface area contributed by atoms with Crippen molar-refractivity contribution >= 4 is 5.91 Å². The lowest BCUT2D eigenvalue weighted by Crippen LogP contribution is -2.35. The van der Waals surface area contributed by atoms with Gasteiger partial charge in [-0.15, -0.1) is 0 Å². The van der Waals surface area contributed by atoms with Crippen molar-refractivity contribution in [2.75, 3.05) is 20.1 Å². The van der Waals surface area contributed by atoms with E-state index in [2.05, 4.69) is 43.4 Å². The summed E-state index contributed by atoms with van der Waals surface area (Å²) in [5, 5.41) is 3.19. The normalized spacial score (nSPS) is 10.8. The molecule has 3 heteroatoms. The number of carbonyl (C=O) groups excluding carboxylic acids is 1. The predicted molar refractivity (Wildman–Crippen MR) is 80.0 cm³/mol. The summed E-state index contributed by atoms with van der Waals surface area (Å²) < 4.78 is 0. The van der Waals surface area contributed by atoms with Gasteiger partial charge < -0.3 is 10.2 Å². The Morgan fingerprint density at radius 3 is 2.32 bits per heavy atom. The average molecular weight is 262 g/mol. The second-order valence-corrected chi connectivity index (χ2v) is 5.43. The summed E-state index contributed by atoms with van der Waals surface area (Å²) in [6, 6.07) is 8.63. The Hall–Kier alpha value is -1.35. The molecular formula is C16H26N2O. The van der Waals surface area contributed by atoms with Crippen LogP contribution in [0.25, 0.3) is 0 Å². The lowest BCUT2D eigenvalue weighted by molar-refractivity contribution is -0.128. The minimum Gasteiger partial charge on any atom is -0.345 e. The lowest BCUT2D eigenvalue weighted by Gasteiger charge is -2.14. The molecule has 106 valence electrons. The van der Waals surface area contributed by atoms with Crippen LogP contribution in [0.1, 0.15) is 31.9 Å². The number of likely N-dealkylation sites (N-methyl/N-ethyl adjacent to an activating group) is 1. The van der Waals surface area contributed by atoms with Gasteiger partial charge in [0.15, 0.2) is 0 Å². The molecule has 0 heterocycles. The number of nitrogens with zero attached hydrogens (tertiary/aromatic N) is 1. The van der Waals surface area contributed by atoms with E-state index in [0.717, 1.165) is 19.5 Å². The Bertz CT molecular complexity index is 384. The Balaban J connectivity index is 2.36. The fourth-order valence-corrected chi connectivity index (χ4v) is 1.89. The summed E-state index contributed by atoms with van der Waals surface area (Å²) in [4.78, 5) is 13.3. The van der Waals surface area contributed by atoms with Crippen molar-refractivity contribution in [1.82, 2.24) is 10.2 Å². The maximum absolute atomic E-state index is 11.6. The van der Waals surface area contributed by atoms with Crippen LogP contribution in [0.15, 0.2) is 24.3 Å². The van der Waals surface area contributed by atoms with E-state index in [0.29, 0.717) is 12.5 Å². The van der Waals surface area contributed by atoms with Gasteiger partial charge in [-0.1, -0.05) is 38.1 Å². The van der Waals surface area contributed by atoms with E-state index in [-0.39, 0.29) is 5.91 Å². The number of benzene rings is 1. The van der Waals surface area contributed by atoms with Gasteiger partial charge >= 0.3 is 0 Å². The maximum atomic E-state index is 11.6. The highest BCUT2D eigenvalue weighted by Crippen LogP contribution is 2.09. The summed E-state index contributed by atoms with van der Waals surface area (Å²) in [6.45, 7) is 8.33. The molecule has 1 aromatic carbocycles. The molecule has 1 rings (SSSR count). The lowest BCUT2D eigenvalue weighted by atomic mass is 10.0. The van der Waals surface area contributed by atoms with Crippen molar-refractivity contribution < 1.29 is 4.79 Å². The van der Waals surface area contributed by atoms with Crippen molar-refractivity contribution in [2.24, 2.45) is 5.92 Å². The molecule has 0 aliphatic heterocycles. The molecule has 0 aliphatic carbocycles. The fourth-order valence-electron chi connectivity index (χ4n) is 1.89. The highest BCUT2D eigenvalue weighted by atomic mass is 16.2. The first-order valence-electron chi connectivity index (χ1n) is 7.05. The van der Waals surface area contributed by atoms with Crippen LogP contribution in [0.5, 0.6) is 0 Å². The van der Waals surface area contributed by atoms with Crippen LogP contribution in [0, 0.1) is 5.92 Å². The van der Waals surface area contributed by atoms with Crippen molar-refractivity contribution in [2.45, 2.75) is 33.7 Å². The van der Waals surface area contributed by atoms with Crippen molar-refractivity contribution in [1.29, 1.82) is 0 Å². The third-order valence-corrected chi connectivity index (χ3v) is 3.17. The number of hydrogen-bond acceptors (Lipinski definition) is 2. The third kappa shape index (κ3) is 5.88.